The molecule has 1 aromatic rings. The van der Waals surface area contributed by atoms with Crippen molar-refractivity contribution in [3.8, 4) is 11.8 Å². The van der Waals surface area contributed by atoms with Crippen LogP contribution in [-0.4, -0.2) is 43.6 Å². The number of carbonyl (C=O) groups excluding carboxylic acids is 1. The summed E-state index contributed by atoms with van der Waals surface area (Å²) in [6, 6.07) is 6.54. The number of nitrogens with one attached hydrogen (secondary N) is 1. The third-order valence-corrected chi connectivity index (χ3v) is 3.28. The van der Waals surface area contributed by atoms with Gasteiger partial charge in [-0.3, -0.25) is 4.79 Å². The van der Waals surface area contributed by atoms with Crippen LogP contribution in [0.2, 0.25) is 5.02 Å². The van der Waals surface area contributed by atoms with E-state index in [4.69, 9.17) is 21.6 Å². The quantitative estimate of drug-likeness (QED) is 0.886. The standard InChI is InChI=1S/C13H14ClN3O2/c1-19-12-3-2-9(14)6-11(12)13(18)17-5-4-16-8-10(17)7-15/h2-3,6,10,16H,4-5,8H2,1H3. The number of halogens is 1. The smallest absolute Gasteiger partial charge is 0.258 e. The van der Waals surface area contributed by atoms with E-state index in [1.54, 1.807) is 23.1 Å². The predicted octanol–water partition coefficient (Wildman–Crippen LogP) is 1.29. The van der Waals surface area contributed by atoms with Crippen LogP contribution in [0.1, 0.15) is 10.4 Å². The van der Waals surface area contributed by atoms with Crippen molar-refractivity contribution < 1.29 is 9.53 Å². The average Bonchev–Trinajstić information content (AvgIpc) is 2.46. The third kappa shape index (κ3) is 2.80. The molecule has 1 aromatic carbocycles. The van der Waals surface area contributed by atoms with Crippen LogP contribution in [0.5, 0.6) is 5.75 Å². The molecule has 1 amide bonds. The summed E-state index contributed by atoms with van der Waals surface area (Å²) in [6.45, 7) is 1.64. The Labute approximate surface area is 116 Å². The van der Waals surface area contributed by atoms with Crippen molar-refractivity contribution in [2.75, 3.05) is 26.7 Å². The number of nitrogens with zero attached hydrogens (tertiary/aromatic N) is 2. The summed E-state index contributed by atoms with van der Waals surface area (Å²) in [4.78, 5) is 14.1. The molecule has 5 nitrogen and oxygen atoms in total. The van der Waals surface area contributed by atoms with Gasteiger partial charge in [0.25, 0.3) is 5.91 Å². The van der Waals surface area contributed by atoms with Gasteiger partial charge >= 0.3 is 0 Å². The number of piperazine rings is 1. The van der Waals surface area contributed by atoms with Crippen LogP contribution in [0.3, 0.4) is 0 Å². The van der Waals surface area contributed by atoms with Crippen molar-refractivity contribution in [1.82, 2.24) is 10.2 Å². The fourth-order valence-corrected chi connectivity index (χ4v) is 2.24. The Kier molecular flexibility index (Phi) is 4.25. The fourth-order valence-electron chi connectivity index (χ4n) is 2.06. The minimum atomic E-state index is -0.468. The number of amides is 1. The first-order valence-corrected chi connectivity index (χ1v) is 6.30. The molecule has 0 bridgehead atoms. The zero-order chi connectivity index (χ0) is 13.8. The average molecular weight is 280 g/mol. The van der Waals surface area contributed by atoms with E-state index in [2.05, 4.69) is 11.4 Å². The summed E-state index contributed by atoms with van der Waals surface area (Å²) in [5.74, 6) is 0.233. The molecule has 1 saturated heterocycles. The molecule has 6 heteroatoms. The number of hydrogen-bond donors (Lipinski definition) is 1. The van der Waals surface area contributed by atoms with E-state index in [9.17, 15) is 4.79 Å². The van der Waals surface area contributed by atoms with Crippen LogP contribution in [0.4, 0.5) is 0 Å². The number of hydrogen-bond acceptors (Lipinski definition) is 4. The molecule has 0 spiro atoms. The van der Waals surface area contributed by atoms with Gasteiger partial charge in [-0.25, -0.2) is 0 Å². The highest BCUT2D eigenvalue weighted by atomic mass is 35.5. The van der Waals surface area contributed by atoms with Gasteiger partial charge in [-0.2, -0.15) is 5.26 Å². The van der Waals surface area contributed by atoms with Gasteiger partial charge in [-0.05, 0) is 18.2 Å². The number of carbonyl (C=O) groups is 1. The first kappa shape index (κ1) is 13.7. The molecule has 1 aliphatic heterocycles. The van der Waals surface area contributed by atoms with Crippen LogP contribution in [0.15, 0.2) is 18.2 Å². The maximum Gasteiger partial charge on any atom is 0.258 e. The Morgan fingerprint density at radius 2 is 2.42 bits per heavy atom. The lowest BCUT2D eigenvalue weighted by Gasteiger charge is -2.32. The number of nitriles is 1. The topological polar surface area (TPSA) is 65.4 Å². The number of methoxy groups -OCH3 is 1. The molecule has 0 aliphatic carbocycles. The van der Waals surface area contributed by atoms with E-state index in [1.807, 2.05) is 0 Å². The normalized spacial score (nSPS) is 18.8. The summed E-state index contributed by atoms with van der Waals surface area (Å²) in [6.07, 6.45) is 0. The zero-order valence-electron chi connectivity index (χ0n) is 10.5. The van der Waals surface area contributed by atoms with E-state index in [0.717, 1.165) is 0 Å². The molecule has 0 aromatic heterocycles. The number of benzene rings is 1. The van der Waals surface area contributed by atoms with E-state index in [-0.39, 0.29) is 5.91 Å². The summed E-state index contributed by atoms with van der Waals surface area (Å²) >= 11 is 5.92. The van der Waals surface area contributed by atoms with Gasteiger partial charge in [-0.15, -0.1) is 0 Å². The first-order chi connectivity index (χ1) is 9.17. The molecule has 19 heavy (non-hydrogen) atoms. The minimum absolute atomic E-state index is 0.229. The first-order valence-electron chi connectivity index (χ1n) is 5.92. The van der Waals surface area contributed by atoms with Gasteiger partial charge in [0.15, 0.2) is 0 Å². The lowest BCUT2D eigenvalue weighted by molar-refractivity contribution is 0.0683. The van der Waals surface area contributed by atoms with Gasteiger partial charge < -0.3 is 15.0 Å². The van der Waals surface area contributed by atoms with Crippen molar-refractivity contribution in [3.63, 3.8) is 0 Å². The van der Waals surface area contributed by atoms with Crippen LogP contribution in [-0.2, 0) is 0 Å². The van der Waals surface area contributed by atoms with Crippen LogP contribution in [0, 0.1) is 11.3 Å². The molecule has 1 atom stereocenters. The second-order valence-corrected chi connectivity index (χ2v) is 4.63. The summed E-state index contributed by atoms with van der Waals surface area (Å²) in [5.41, 5.74) is 0.386. The van der Waals surface area contributed by atoms with Crippen molar-refractivity contribution >= 4 is 17.5 Å². The van der Waals surface area contributed by atoms with Gasteiger partial charge in [0.05, 0.1) is 18.7 Å². The van der Waals surface area contributed by atoms with Crippen LogP contribution >= 0.6 is 11.6 Å². The second kappa shape index (κ2) is 5.91. The van der Waals surface area contributed by atoms with Crippen molar-refractivity contribution in [2.45, 2.75) is 6.04 Å². The fraction of sp³-hybridized carbons (Fsp3) is 0.385. The Morgan fingerprint density at radius 1 is 1.63 bits per heavy atom. The highest BCUT2D eigenvalue weighted by Gasteiger charge is 2.28. The van der Waals surface area contributed by atoms with Crippen molar-refractivity contribution in [1.29, 1.82) is 5.26 Å². The Morgan fingerprint density at radius 3 is 3.11 bits per heavy atom. The Balaban J connectivity index is 2.33. The molecular formula is C13H14ClN3O2. The summed E-state index contributed by atoms with van der Waals surface area (Å²) in [5, 5.41) is 12.7. The minimum Gasteiger partial charge on any atom is -0.496 e. The third-order valence-electron chi connectivity index (χ3n) is 3.05. The predicted molar refractivity (Wildman–Crippen MR) is 71.3 cm³/mol. The lowest BCUT2D eigenvalue weighted by Crippen LogP contribution is -2.53. The maximum absolute atomic E-state index is 12.5. The van der Waals surface area contributed by atoms with Crippen LogP contribution in [0.25, 0.3) is 0 Å². The van der Waals surface area contributed by atoms with E-state index < -0.39 is 6.04 Å². The Hall–Kier alpha value is -1.77. The van der Waals surface area contributed by atoms with E-state index in [0.29, 0.717) is 36.0 Å². The molecule has 1 N–H and O–H groups in total. The maximum atomic E-state index is 12.5. The molecule has 100 valence electrons. The monoisotopic (exact) mass is 279 g/mol. The van der Waals surface area contributed by atoms with E-state index in [1.165, 1.54) is 7.11 Å². The Bertz CT molecular complexity index is 527. The molecule has 0 saturated carbocycles. The molecular weight excluding hydrogens is 266 g/mol. The van der Waals surface area contributed by atoms with E-state index >= 15 is 0 Å². The summed E-state index contributed by atoms with van der Waals surface area (Å²) in [7, 11) is 1.50. The SMILES string of the molecule is COc1ccc(Cl)cc1C(=O)N1CCNCC1C#N. The van der Waals surface area contributed by atoms with Crippen LogP contribution < -0.4 is 10.1 Å². The van der Waals surface area contributed by atoms with Gasteiger partial charge in [0.2, 0.25) is 0 Å². The highest BCUT2D eigenvalue weighted by molar-refractivity contribution is 6.31. The van der Waals surface area contributed by atoms with Gasteiger partial charge in [0.1, 0.15) is 11.8 Å². The summed E-state index contributed by atoms with van der Waals surface area (Å²) < 4.78 is 5.18. The number of rotatable bonds is 2. The lowest BCUT2D eigenvalue weighted by atomic mass is 10.1. The molecule has 1 heterocycles. The number of ether oxygens (including phenoxy) is 1. The molecule has 1 aliphatic rings. The highest BCUT2D eigenvalue weighted by Crippen LogP contribution is 2.25. The molecule has 1 unspecified atom stereocenters. The van der Waals surface area contributed by atoms with Crippen molar-refractivity contribution in [3.05, 3.63) is 28.8 Å². The molecule has 0 radical (unpaired) electrons. The molecule has 2 rings (SSSR count). The van der Waals surface area contributed by atoms with Gasteiger partial charge in [-0.1, -0.05) is 11.6 Å². The van der Waals surface area contributed by atoms with Gasteiger partial charge in [0, 0.05) is 24.7 Å². The zero-order valence-corrected chi connectivity index (χ0v) is 11.3. The van der Waals surface area contributed by atoms with Crippen molar-refractivity contribution in [2.24, 2.45) is 0 Å². The largest absolute Gasteiger partial charge is 0.496 e. The molecule has 1 fully saturated rings. The second-order valence-electron chi connectivity index (χ2n) is 4.19.